The minimum atomic E-state index is -0.100. The van der Waals surface area contributed by atoms with Gasteiger partial charge in [-0.05, 0) is 35.0 Å². The number of thioether (sulfide) groups is 1. The lowest BCUT2D eigenvalue weighted by Gasteiger charge is -2.22. The van der Waals surface area contributed by atoms with Gasteiger partial charge in [-0.1, -0.05) is 0 Å². The first-order valence-electron chi connectivity index (χ1n) is 5.42. The molecule has 1 saturated heterocycles. The molecule has 0 saturated carbocycles. The van der Waals surface area contributed by atoms with Gasteiger partial charge in [-0.3, -0.25) is 4.79 Å². The summed E-state index contributed by atoms with van der Waals surface area (Å²) in [7, 11) is 0. The minimum absolute atomic E-state index is 0.0180. The zero-order valence-corrected chi connectivity index (χ0v) is 11.9. The van der Waals surface area contributed by atoms with Crippen molar-refractivity contribution in [3.05, 3.63) is 22.4 Å². The monoisotopic (exact) mass is 315 g/mol. The lowest BCUT2D eigenvalue weighted by atomic mass is 10.2. The van der Waals surface area contributed by atoms with Gasteiger partial charge >= 0.3 is 0 Å². The normalized spacial score (nSPS) is 20.0. The SMILES string of the molecule is Cc1nc(Br)ccc1NC(=O)C1CSCCN1. The minimum Gasteiger partial charge on any atom is -0.323 e. The van der Waals surface area contributed by atoms with Crippen LogP contribution in [0.5, 0.6) is 0 Å². The van der Waals surface area contributed by atoms with Crippen LogP contribution in [0.1, 0.15) is 5.69 Å². The zero-order chi connectivity index (χ0) is 12.3. The van der Waals surface area contributed by atoms with Crippen LogP contribution in [0.4, 0.5) is 5.69 Å². The maximum absolute atomic E-state index is 12.0. The number of pyridine rings is 1. The van der Waals surface area contributed by atoms with E-state index in [2.05, 4.69) is 31.5 Å². The van der Waals surface area contributed by atoms with Crippen LogP contribution < -0.4 is 10.6 Å². The quantitative estimate of drug-likeness (QED) is 0.817. The fraction of sp³-hybridized carbons (Fsp3) is 0.455. The standard InChI is InChI=1S/C11H14BrN3OS/c1-7-8(2-3-10(12)14-7)15-11(16)9-6-17-5-4-13-9/h2-3,9,13H,4-6H2,1H3,(H,15,16). The number of anilines is 1. The number of hydrogen-bond donors (Lipinski definition) is 2. The van der Waals surface area contributed by atoms with Crippen molar-refractivity contribution in [3.63, 3.8) is 0 Å². The van der Waals surface area contributed by atoms with Gasteiger partial charge in [0.2, 0.25) is 5.91 Å². The van der Waals surface area contributed by atoms with E-state index in [4.69, 9.17) is 0 Å². The second kappa shape index (κ2) is 5.84. The Morgan fingerprint density at radius 3 is 3.12 bits per heavy atom. The first-order valence-corrected chi connectivity index (χ1v) is 7.37. The molecule has 2 heterocycles. The van der Waals surface area contributed by atoms with Crippen LogP contribution in [0, 0.1) is 6.92 Å². The summed E-state index contributed by atoms with van der Waals surface area (Å²) in [6, 6.07) is 3.59. The van der Waals surface area contributed by atoms with Gasteiger partial charge in [-0.2, -0.15) is 11.8 Å². The van der Waals surface area contributed by atoms with Crippen LogP contribution in [0.3, 0.4) is 0 Å². The van der Waals surface area contributed by atoms with Crippen LogP contribution in [-0.2, 0) is 4.79 Å². The molecule has 4 nitrogen and oxygen atoms in total. The number of amides is 1. The van der Waals surface area contributed by atoms with E-state index in [1.165, 1.54) is 0 Å². The smallest absolute Gasteiger partial charge is 0.242 e. The molecule has 1 aromatic rings. The number of rotatable bonds is 2. The molecule has 92 valence electrons. The topological polar surface area (TPSA) is 54.0 Å². The summed E-state index contributed by atoms with van der Waals surface area (Å²) in [6.07, 6.45) is 0. The molecule has 0 spiro atoms. The molecule has 0 aromatic carbocycles. The molecule has 1 unspecified atom stereocenters. The Morgan fingerprint density at radius 1 is 1.65 bits per heavy atom. The van der Waals surface area contributed by atoms with Crippen molar-refractivity contribution in [2.24, 2.45) is 0 Å². The van der Waals surface area contributed by atoms with E-state index in [0.29, 0.717) is 0 Å². The number of halogens is 1. The first kappa shape index (κ1) is 12.9. The molecule has 1 aliphatic heterocycles. The third-order valence-corrected chi connectivity index (χ3v) is 4.05. The highest BCUT2D eigenvalue weighted by Gasteiger charge is 2.21. The molecule has 0 bridgehead atoms. The van der Waals surface area contributed by atoms with Crippen molar-refractivity contribution in [3.8, 4) is 0 Å². The Balaban J connectivity index is 2.02. The number of nitrogens with one attached hydrogen (secondary N) is 2. The highest BCUT2D eigenvalue weighted by atomic mass is 79.9. The summed E-state index contributed by atoms with van der Waals surface area (Å²) in [4.78, 5) is 16.2. The van der Waals surface area contributed by atoms with Crippen molar-refractivity contribution >= 4 is 39.3 Å². The Labute approximate surface area is 113 Å². The fourth-order valence-electron chi connectivity index (χ4n) is 1.62. The second-order valence-corrected chi connectivity index (χ2v) is 5.80. The second-order valence-electron chi connectivity index (χ2n) is 3.84. The average Bonchev–Trinajstić information content (AvgIpc) is 2.34. The van der Waals surface area contributed by atoms with Crippen molar-refractivity contribution in [2.45, 2.75) is 13.0 Å². The largest absolute Gasteiger partial charge is 0.323 e. The van der Waals surface area contributed by atoms with Gasteiger partial charge in [-0.15, -0.1) is 0 Å². The molecule has 0 radical (unpaired) electrons. The number of carbonyl (C=O) groups excluding carboxylic acids is 1. The number of hydrogen-bond acceptors (Lipinski definition) is 4. The number of carbonyl (C=O) groups is 1. The lowest BCUT2D eigenvalue weighted by Crippen LogP contribution is -2.46. The van der Waals surface area contributed by atoms with Crippen LogP contribution in [0.15, 0.2) is 16.7 Å². The summed E-state index contributed by atoms with van der Waals surface area (Å²) in [5, 5.41) is 6.12. The van der Waals surface area contributed by atoms with Gasteiger partial charge < -0.3 is 10.6 Å². The maximum Gasteiger partial charge on any atom is 0.242 e. The molecule has 1 fully saturated rings. The maximum atomic E-state index is 12.0. The summed E-state index contributed by atoms with van der Waals surface area (Å²) in [5.74, 6) is 1.92. The molecule has 17 heavy (non-hydrogen) atoms. The van der Waals surface area contributed by atoms with Crippen LogP contribution in [0.25, 0.3) is 0 Å². The van der Waals surface area contributed by atoms with E-state index in [1.54, 1.807) is 11.8 Å². The van der Waals surface area contributed by atoms with Gasteiger partial charge in [0.15, 0.2) is 0 Å². The third-order valence-electron chi connectivity index (χ3n) is 2.55. The molecular weight excluding hydrogens is 302 g/mol. The molecule has 1 aliphatic rings. The highest BCUT2D eigenvalue weighted by Crippen LogP contribution is 2.17. The third kappa shape index (κ3) is 3.43. The van der Waals surface area contributed by atoms with Crippen molar-refractivity contribution < 1.29 is 4.79 Å². The summed E-state index contributed by atoms with van der Waals surface area (Å²) in [5.41, 5.74) is 1.59. The Bertz CT molecular complexity index is 421. The van der Waals surface area contributed by atoms with Crippen LogP contribution >= 0.6 is 27.7 Å². The fourth-order valence-corrected chi connectivity index (χ4v) is 2.95. The molecule has 1 amide bonds. The van der Waals surface area contributed by atoms with Gasteiger partial charge in [0, 0.05) is 18.1 Å². The molecule has 2 N–H and O–H groups in total. The van der Waals surface area contributed by atoms with Crippen LogP contribution in [0.2, 0.25) is 0 Å². The van der Waals surface area contributed by atoms with Crippen molar-refractivity contribution in [1.82, 2.24) is 10.3 Å². The number of nitrogens with zero attached hydrogens (tertiary/aromatic N) is 1. The number of aromatic nitrogens is 1. The van der Waals surface area contributed by atoms with Crippen LogP contribution in [-0.4, -0.2) is 35.0 Å². The van der Waals surface area contributed by atoms with E-state index in [9.17, 15) is 4.79 Å². The summed E-state index contributed by atoms with van der Waals surface area (Å²) in [6.45, 7) is 2.77. The first-order chi connectivity index (χ1) is 8.16. The van der Waals surface area contributed by atoms with Gasteiger partial charge in [0.25, 0.3) is 0 Å². The van der Waals surface area contributed by atoms with E-state index < -0.39 is 0 Å². The highest BCUT2D eigenvalue weighted by molar-refractivity contribution is 9.10. The zero-order valence-electron chi connectivity index (χ0n) is 9.50. The van der Waals surface area contributed by atoms with E-state index >= 15 is 0 Å². The predicted molar refractivity (Wildman–Crippen MR) is 74.4 cm³/mol. The average molecular weight is 316 g/mol. The molecule has 6 heteroatoms. The summed E-state index contributed by atoms with van der Waals surface area (Å²) >= 11 is 5.10. The lowest BCUT2D eigenvalue weighted by molar-refractivity contribution is -0.117. The van der Waals surface area contributed by atoms with Crippen molar-refractivity contribution in [2.75, 3.05) is 23.4 Å². The van der Waals surface area contributed by atoms with Gasteiger partial charge in [0.1, 0.15) is 4.60 Å². The molecule has 0 aliphatic carbocycles. The molecule has 1 atom stereocenters. The summed E-state index contributed by atoms with van der Waals surface area (Å²) < 4.78 is 0.777. The van der Waals surface area contributed by atoms with E-state index in [-0.39, 0.29) is 11.9 Å². The van der Waals surface area contributed by atoms with Crippen molar-refractivity contribution in [1.29, 1.82) is 0 Å². The predicted octanol–water partition coefficient (Wildman–Crippen LogP) is 1.80. The molecule has 1 aromatic heterocycles. The molecular formula is C11H14BrN3OS. The Kier molecular flexibility index (Phi) is 4.42. The Morgan fingerprint density at radius 2 is 2.47 bits per heavy atom. The van der Waals surface area contributed by atoms with E-state index in [1.807, 2.05) is 19.1 Å². The molecule has 2 rings (SSSR count). The van der Waals surface area contributed by atoms with E-state index in [0.717, 1.165) is 34.0 Å². The number of aryl methyl sites for hydroxylation is 1. The Hall–Kier alpha value is -0.590. The van der Waals surface area contributed by atoms with Gasteiger partial charge in [-0.25, -0.2) is 4.98 Å². The van der Waals surface area contributed by atoms with Gasteiger partial charge in [0.05, 0.1) is 17.4 Å².